The van der Waals surface area contributed by atoms with Crippen LogP contribution in [0.5, 0.6) is 0 Å². The van der Waals surface area contributed by atoms with Gasteiger partial charge >= 0.3 is 5.97 Å². The Balaban J connectivity index is 2.07. The minimum atomic E-state index is -1.24. The molecule has 0 radical (unpaired) electrons. The first-order valence-corrected chi connectivity index (χ1v) is 9.62. The first kappa shape index (κ1) is 20.0. The largest absolute Gasteiger partial charge is 0.597 e. The van der Waals surface area contributed by atoms with Crippen molar-refractivity contribution in [2.75, 3.05) is 19.8 Å². The first-order valence-electron chi connectivity index (χ1n) is 8.52. The van der Waals surface area contributed by atoms with Gasteiger partial charge in [0.15, 0.2) is 0 Å². The van der Waals surface area contributed by atoms with Crippen molar-refractivity contribution < 1.29 is 18.8 Å². The van der Waals surface area contributed by atoms with Crippen molar-refractivity contribution in [3.8, 4) is 0 Å². The molecule has 1 heterocycles. The number of hydrogen-bond acceptors (Lipinski definition) is 5. The Morgan fingerprint density at radius 1 is 1.32 bits per heavy atom. The van der Waals surface area contributed by atoms with Crippen molar-refractivity contribution in [3.63, 3.8) is 0 Å². The molecule has 1 aromatic carbocycles. The van der Waals surface area contributed by atoms with E-state index in [1.165, 1.54) is 0 Å². The lowest BCUT2D eigenvalue weighted by molar-refractivity contribution is -0.139. The maximum Gasteiger partial charge on any atom is 0.335 e. The van der Waals surface area contributed by atoms with Crippen molar-refractivity contribution in [1.82, 2.24) is 4.31 Å². The molecule has 5 nitrogen and oxygen atoms in total. The summed E-state index contributed by atoms with van der Waals surface area (Å²) in [4.78, 5) is 12.2. The Bertz CT molecular complexity index is 597. The van der Waals surface area contributed by atoms with Gasteiger partial charge in [-0.15, -0.1) is 4.31 Å². The molecule has 0 saturated heterocycles. The maximum atomic E-state index is 12.8. The van der Waals surface area contributed by atoms with Gasteiger partial charge in [0.05, 0.1) is 31.9 Å². The van der Waals surface area contributed by atoms with Gasteiger partial charge in [-0.1, -0.05) is 36.4 Å². The highest BCUT2D eigenvalue weighted by molar-refractivity contribution is 7.90. The zero-order valence-corrected chi connectivity index (χ0v) is 16.2. The molecule has 0 amide bonds. The van der Waals surface area contributed by atoms with Crippen molar-refractivity contribution in [2.45, 2.75) is 45.1 Å². The highest BCUT2D eigenvalue weighted by Crippen LogP contribution is 2.30. The highest BCUT2D eigenvalue weighted by atomic mass is 32.2. The number of hydrogen-bond donors (Lipinski definition) is 0. The summed E-state index contributed by atoms with van der Waals surface area (Å²) in [6.45, 7) is 9.06. The molecule has 1 aromatic rings. The topological polar surface area (TPSA) is 61.8 Å². The lowest BCUT2D eigenvalue weighted by Gasteiger charge is -2.34. The van der Waals surface area contributed by atoms with E-state index in [1.807, 2.05) is 55.4 Å². The Labute approximate surface area is 153 Å². The molecule has 6 heteroatoms. The molecule has 0 saturated carbocycles. The van der Waals surface area contributed by atoms with E-state index >= 15 is 0 Å². The summed E-state index contributed by atoms with van der Waals surface area (Å²) in [5.74, 6) is -0.357. The van der Waals surface area contributed by atoms with E-state index in [0.29, 0.717) is 31.9 Å². The van der Waals surface area contributed by atoms with Gasteiger partial charge in [0.1, 0.15) is 10.8 Å². The SMILES string of the molecule is CCOC(=O)C1=CCN([S+]([O-])C(C)(C)C)C1COCc1ccccc1. The molecule has 0 fully saturated rings. The van der Waals surface area contributed by atoms with Crippen LogP contribution in [0.4, 0.5) is 0 Å². The zero-order valence-electron chi connectivity index (χ0n) is 15.4. The molecule has 0 N–H and O–H groups in total. The van der Waals surface area contributed by atoms with Gasteiger partial charge in [0.2, 0.25) is 0 Å². The second-order valence-corrected chi connectivity index (χ2v) is 9.05. The number of nitrogens with zero attached hydrogens (tertiary/aromatic N) is 1. The molecule has 0 aliphatic carbocycles. The average molecular weight is 365 g/mol. The van der Waals surface area contributed by atoms with E-state index in [4.69, 9.17) is 9.47 Å². The smallest absolute Gasteiger partial charge is 0.335 e. The van der Waals surface area contributed by atoms with Crippen LogP contribution in [0.15, 0.2) is 42.0 Å². The Kier molecular flexibility index (Phi) is 7.07. The Morgan fingerprint density at radius 2 is 2.00 bits per heavy atom. The van der Waals surface area contributed by atoms with E-state index in [0.717, 1.165) is 5.56 Å². The third kappa shape index (κ3) is 5.31. The summed E-state index contributed by atoms with van der Waals surface area (Å²) in [6, 6.07) is 9.49. The Morgan fingerprint density at radius 3 is 2.60 bits per heavy atom. The van der Waals surface area contributed by atoms with Crippen LogP contribution in [0, 0.1) is 0 Å². The predicted octanol–water partition coefficient (Wildman–Crippen LogP) is 2.84. The van der Waals surface area contributed by atoms with Gasteiger partial charge in [-0.2, -0.15) is 0 Å². The maximum absolute atomic E-state index is 12.8. The number of ether oxygens (including phenoxy) is 2. The molecule has 2 rings (SSSR count). The summed E-state index contributed by atoms with van der Waals surface area (Å²) in [7, 11) is 0. The first-order chi connectivity index (χ1) is 11.8. The molecular weight excluding hydrogens is 338 g/mol. The molecule has 1 aliphatic rings. The normalized spacial score (nSPS) is 19.6. The van der Waals surface area contributed by atoms with Gasteiger partial charge in [0, 0.05) is 11.4 Å². The molecule has 138 valence electrons. The lowest BCUT2D eigenvalue weighted by Crippen LogP contribution is -2.48. The fourth-order valence-electron chi connectivity index (χ4n) is 2.61. The Hall–Kier alpha value is -1.34. The van der Waals surface area contributed by atoms with Gasteiger partial charge in [0.25, 0.3) is 0 Å². The van der Waals surface area contributed by atoms with Gasteiger partial charge in [-0.25, -0.2) is 4.79 Å². The van der Waals surface area contributed by atoms with Gasteiger partial charge in [-0.3, -0.25) is 0 Å². The summed E-state index contributed by atoms with van der Waals surface area (Å²) < 4.78 is 25.2. The van der Waals surface area contributed by atoms with Crippen LogP contribution in [0.3, 0.4) is 0 Å². The second kappa shape index (κ2) is 8.85. The van der Waals surface area contributed by atoms with Crippen LogP contribution in [0.25, 0.3) is 0 Å². The van der Waals surface area contributed by atoms with E-state index in [-0.39, 0.29) is 12.0 Å². The van der Waals surface area contributed by atoms with E-state index in [2.05, 4.69) is 0 Å². The average Bonchev–Trinajstić information content (AvgIpc) is 2.98. The fraction of sp³-hybridized carbons (Fsp3) is 0.526. The van der Waals surface area contributed by atoms with Crippen molar-refractivity contribution in [3.05, 3.63) is 47.5 Å². The zero-order chi connectivity index (χ0) is 18.4. The lowest BCUT2D eigenvalue weighted by atomic mass is 10.1. The van der Waals surface area contributed by atoms with Crippen molar-refractivity contribution >= 4 is 17.3 Å². The monoisotopic (exact) mass is 365 g/mol. The number of carbonyl (C=O) groups excluding carboxylic acids is 1. The standard InChI is InChI=1S/C19H27NO4S/c1-5-24-18(21)16-11-12-20(25(22)19(2,3)4)17(16)14-23-13-15-9-7-6-8-10-15/h6-11,17H,5,12-14H2,1-4H3. The van der Waals surface area contributed by atoms with Crippen LogP contribution >= 0.6 is 0 Å². The molecule has 2 unspecified atom stereocenters. The van der Waals surface area contributed by atoms with Crippen LogP contribution in [-0.2, 0) is 32.2 Å². The third-order valence-electron chi connectivity index (χ3n) is 3.83. The second-order valence-electron chi connectivity index (χ2n) is 6.86. The van der Waals surface area contributed by atoms with E-state index < -0.39 is 16.1 Å². The molecule has 25 heavy (non-hydrogen) atoms. The molecule has 0 bridgehead atoms. The molecular formula is C19H27NO4S. The van der Waals surface area contributed by atoms with Crippen LogP contribution in [-0.4, -0.2) is 45.4 Å². The number of carbonyl (C=O) groups is 1. The van der Waals surface area contributed by atoms with E-state index in [1.54, 1.807) is 13.0 Å². The quantitative estimate of drug-likeness (QED) is 0.549. The fourth-order valence-corrected chi connectivity index (χ4v) is 3.93. The summed E-state index contributed by atoms with van der Waals surface area (Å²) in [5.41, 5.74) is 1.60. The predicted molar refractivity (Wildman–Crippen MR) is 99.2 cm³/mol. The number of esters is 1. The highest BCUT2D eigenvalue weighted by Gasteiger charge is 2.44. The summed E-state index contributed by atoms with van der Waals surface area (Å²) in [6.07, 6.45) is 1.80. The molecule has 2 atom stereocenters. The third-order valence-corrected chi connectivity index (χ3v) is 5.71. The van der Waals surface area contributed by atoms with Crippen molar-refractivity contribution in [1.29, 1.82) is 0 Å². The van der Waals surface area contributed by atoms with Crippen LogP contribution in [0.1, 0.15) is 33.3 Å². The molecule has 0 spiro atoms. The number of benzene rings is 1. The van der Waals surface area contributed by atoms with E-state index in [9.17, 15) is 9.35 Å². The minimum absolute atomic E-state index is 0.293. The van der Waals surface area contributed by atoms with Crippen molar-refractivity contribution in [2.24, 2.45) is 0 Å². The van der Waals surface area contributed by atoms with Crippen LogP contribution in [0.2, 0.25) is 0 Å². The summed E-state index contributed by atoms with van der Waals surface area (Å²) >= 11 is -1.24. The van der Waals surface area contributed by atoms with Gasteiger partial charge < -0.3 is 14.0 Å². The number of rotatable bonds is 7. The molecule has 1 aliphatic heterocycles. The molecule has 0 aromatic heterocycles. The van der Waals surface area contributed by atoms with Gasteiger partial charge in [-0.05, 0) is 33.3 Å². The minimum Gasteiger partial charge on any atom is -0.597 e. The van der Waals surface area contributed by atoms with Crippen LogP contribution < -0.4 is 0 Å². The summed E-state index contributed by atoms with van der Waals surface area (Å²) in [5, 5.41) is 0.